The molecule has 0 radical (unpaired) electrons. The van der Waals surface area contributed by atoms with Crippen molar-refractivity contribution in [3.05, 3.63) is 87.5 Å². The number of carbonyl (C=O) groups is 1. The number of ether oxygens (including phenoxy) is 3. The molecular weight excluding hydrogens is 508 g/mol. The Labute approximate surface area is 213 Å². The second-order valence-electron chi connectivity index (χ2n) is 8.67. The fraction of sp³-hybridized carbons (Fsp3) is 0.250. The molecule has 1 heterocycles. The molecule has 180 valence electrons. The molecule has 7 heteroatoms. The molecular formula is C28H27BrN2O4. The Morgan fingerprint density at radius 2 is 1.57 bits per heavy atom. The van der Waals surface area contributed by atoms with Crippen LogP contribution in [0.15, 0.2) is 76.4 Å². The van der Waals surface area contributed by atoms with Gasteiger partial charge < -0.3 is 24.8 Å². The van der Waals surface area contributed by atoms with Gasteiger partial charge in [0.2, 0.25) is 0 Å². The highest BCUT2D eigenvalue weighted by molar-refractivity contribution is 9.10. The van der Waals surface area contributed by atoms with E-state index in [4.69, 9.17) is 14.2 Å². The largest absolute Gasteiger partial charge is 0.497 e. The van der Waals surface area contributed by atoms with Gasteiger partial charge in [0.1, 0.15) is 17.2 Å². The van der Waals surface area contributed by atoms with Crippen LogP contribution in [0.25, 0.3) is 0 Å². The minimum atomic E-state index is -0.401. The van der Waals surface area contributed by atoms with Crippen molar-refractivity contribution < 1.29 is 19.0 Å². The quantitative estimate of drug-likeness (QED) is 0.391. The van der Waals surface area contributed by atoms with Gasteiger partial charge in [-0.15, -0.1) is 0 Å². The molecule has 2 aliphatic rings. The standard InChI is InChI=1S/C28H27BrN2O4/c1-33-18-10-8-16(9-11-18)17-12-23-27(24(32)13-17)28(31-22-7-5-4-6-21(22)30-23)19-14-26(35-3)20(29)15-25(19)34-2/h4-11,14-15,17,28,30-31H,12-13H2,1-3H3/t17-,28-/m0/s1. The van der Waals surface area contributed by atoms with Crippen LogP contribution in [0.5, 0.6) is 17.2 Å². The summed E-state index contributed by atoms with van der Waals surface area (Å²) in [4.78, 5) is 13.8. The van der Waals surface area contributed by atoms with Crippen molar-refractivity contribution in [2.75, 3.05) is 32.0 Å². The fourth-order valence-corrected chi connectivity index (χ4v) is 5.43. The Morgan fingerprint density at radius 3 is 2.26 bits per heavy atom. The van der Waals surface area contributed by atoms with Crippen molar-refractivity contribution in [3.8, 4) is 17.2 Å². The van der Waals surface area contributed by atoms with Gasteiger partial charge in [-0.1, -0.05) is 24.3 Å². The molecule has 0 fully saturated rings. The van der Waals surface area contributed by atoms with Crippen molar-refractivity contribution in [2.24, 2.45) is 0 Å². The molecule has 1 aliphatic heterocycles. The van der Waals surface area contributed by atoms with Gasteiger partial charge in [-0.25, -0.2) is 0 Å². The zero-order valence-electron chi connectivity index (χ0n) is 19.9. The molecule has 35 heavy (non-hydrogen) atoms. The number of hydrogen-bond acceptors (Lipinski definition) is 6. The first-order chi connectivity index (χ1) is 17.0. The highest BCUT2D eigenvalue weighted by Crippen LogP contribution is 2.47. The fourth-order valence-electron chi connectivity index (χ4n) is 4.95. The summed E-state index contributed by atoms with van der Waals surface area (Å²) >= 11 is 3.55. The van der Waals surface area contributed by atoms with Crippen molar-refractivity contribution in [1.29, 1.82) is 0 Å². The number of halogens is 1. The van der Waals surface area contributed by atoms with Crippen LogP contribution in [0.2, 0.25) is 0 Å². The number of fused-ring (bicyclic) bond motifs is 1. The second-order valence-corrected chi connectivity index (χ2v) is 9.52. The topological polar surface area (TPSA) is 68.8 Å². The molecule has 2 N–H and O–H groups in total. The predicted molar refractivity (Wildman–Crippen MR) is 141 cm³/mol. The molecule has 0 saturated heterocycles. The highest BCUT2D eigenvalue weighted by atomic mass is 79.9. The summed E-state index contributed by atoms with van der Waals surface area (Å²) in [5.74, 6) is 2.33. The van der Waals surface area contributed by atoms with Crippen LogP contribution in [0.1, 0.15) is 35.9 Å². The van der Waals surface area contributed by atoms with Crippen LogP contribution < -0.4 is 24.8 Å². The number of para-hydroxylation sites is 2. The summed E-state index contributed by atoms with van der Waals surface area (Å²) in [6.07, 6.45) is 1.15. The lowest BCUT2D eigenvalue weighted by Crippen LogP contribution is -2.27. The van der Waals surface area contributed by atoms with E-state index in [1.54, 1.807) is 21.3 Å². The Bertz CT molecular complexity index is 1300. The maximum Gasteiger partial charge on any atom is 0.163 e. The summed E-state index contributed by atoms with van der Waals surface area (Å²) in [6, 6.07) is 19.4. The lowest BCUT2D eigenvalue weighted by Gasteiger charge is -2.30. The highest BCUT2D eigenvalue weighted by Gasteiger charge is 2.37. The van der Waals surface area contributed by atoms with E-state index < -0.39 is 6.04 Å². The number of Topliss-reactive ketones (excluding diaryl/α,β-unsaturated/α-hetero) is 1. The van der Waals surface area contributed by atoms with Crippen LogP contribution in [-0.4, -0.2) is 27.1 Å². The molecule has 0 bridgehead atoms. The van der Waals surface area contributed by atoms with E-state index >= 15 is 0 Å². The number of ketones is 1. The molecule has 2 atom stereocenters. The van der Waals surface area contributed by atoms with Gasteiger partial charge in [0.15, 0.2) is 5.78 Å². The number of carbonyl (C=O) groups excluding carboxylic acids is 1. The summed E-state index contributed by atoms with van der Waals surface area (Å²) in [6.45, 7) is 0. The Balaban J connectivity index is 1.63. The molecule has 3 aromatic carbocycles. The van der Waals surface area contributed by atoms with Crippen molar-refractivity contribution in [1.82, 2.24) is 0 Å². The minimum absolute atomic E-state index is 0.0758. The predicted octanol–water partition coefficient (Wildman–Crippen LogP) is 6.45. The van der Waals surface area contributed by atoms with Crippen molar-refractivity contribution in [2.45, 2.75) is 24.8 Å². The second kappa shape index (κ2) is 9.66. The summed E-state index contributed by atoms with van der Waals surface area (Å²) in [5.41, 5.74) is 5.48. The maximum absolute atomic E-state index is 13.8. The third-order valence-electron chi connectivity index (χ3n) is 6.71. The molecule has 0 unspecified atom stereocenters. The SMILES string of the molecule is COc1ccc([C@@H]2CC(=O)C3=C(C2)Nc2ccccc2N[C@H]3c2cc(OC)c(Br)cc2OC)cc1. The van der Waals surface area contributed by atoms with Crippen LogP contribution in [0.4, 0.5) is 11.4 Å². The van der Waals surface area contributed by atoms with E-state index in [2.05, 4.69) is 26.6 Å². The van der Waals surface area contributed by atoms with Gasteiger partial charge in [-0.05, 0) is 70.2 Å². The zero-order valence-corrected chi connectivity index (χ0v) is 21.4. The van der Waals surface area contributed by atoms with Gasteiger partial charge in [-0.2, -0.15) is 0 Å². The van der Waals surface area contributed by atoms with Gasteiger partial charge in [0, 0.05) is 23.3 Å². The van der Waals surface area contributed by atoms with E-state index in [-0.39, 0.29) is 11.7 Å². The monoisotopic (exact) mass is 534 g/mol. The number of rotatable bonds is 5. The number of nitrogens with one attached hydrogen (secondary N) is 2. The Morgan fingerprint density at radius 1 is 0.857 bits per heavy atom. The summed E-state index contributed by atoms with van der Waals surface area (Å²) in [7, 11) is 4.92. The van der Waals surface area contributed by atoms with E-state index in [9.17, 15) is 4.79 Å². The van der Waals surface area contributed by atoms with Gasteiger partial charge >= 0.3 is 0 Å². The number of methoxy groups -OCH3 is 3. The number of hydrogen-bond donors (Lipinski definition) is 2. The van der Waals surface area contributed by atoms with Gasteiger partial charge in [0.25, 0.3) is 0 Å². The molecule has 6 nitrogen and oxygen atoms in total. The lowest BCUT2D eigenvalue weighted by molar-refractivity contribution is -0.116. The third-order valence-corrected chi connectivity index (χ3v) is 7.33. The molecule has 3 aromatic rings. The minimum Gasteiger partial charge on any atom is -0.497 e. The maximum atomic E-state index is 13.8. The smallest absolute Gasteiger partial charge is 0.163 e. The first-order valence-corrected chi connectivity index (χ1v) is 12.3. The number of anilines is 2. The molecule has 0 saturated carbocycles. The third kappa shape index (κ3) is 4.36. The van der Waals surface area contributed by atoms with Crippen LogP contribution in [0, 0.1) is 0 Å². The molecule has 0 amide bonds. The molecule has 1 aliphatic carbocycles. The first-order valence-electron chi connectivity index (χ1n) is 11.5. The molecule has 0 spiro atoms. The summed E-state index contributed by atoms with van der Waals surface area (Å²) < 4.78 is 17.4. The lowest BCUT2D eigenvalue weighted by atomic mass is 9.78. The number of benzene rings is 3. The molecule has 0 aromatic heterocycles. The first kappa shape index (κ1) is 23.3. The average Bonchev–Trinajstić information content (AvgIpc) is 3.05. The van der Waals surface area contributed by atoms with E-state index in [0.717, 1.165) is 50.4 Å². The van der Waals surface area contributed by atoms with Crippen molar-refractivity contribution in [3.63, 3.8) is 0 Å². The normalized spacial score (nSPS) is 19.0. The van der Waals surface area contributed by atoms with Crippen LogP contribution in [-0.2, 0) is 4.79 Å². The van der Waals surface area contributed by atoms with E-state index in [1.165, 1.54) is 0 Å². The van der Waals surface area contributed by atoms with E-state index in [1.807, 2.05) is 60.7 Å². The van der Waals surface area contributed by atoms with Crippen LogP contribution in [0.3, 0.4) is 0 Å². The van der Waals surface area contributed by atoms with E-state index in [0.29, 0.717) is 17.9 Å². The van der Waals surface area contributed by atoms with Crippen molar-refractivity contribution >= 4 is 33.1 Å². The zero-order chi connectivity index (χ0) is 24.5. The summed E-state index contributed by atoms with van der Waals surface area (Å²) in [5, 5.41) is 7.19. The van der Waals surface area contributed by atoms with Gasteiger partial charge in [0.05, 0.1) is 43.2 Å². The van der Waals surface area contributed by atoms with Crippen LogP contribution >= 0.6 is 15.9 Å². The van der Waals surface area contributed by atoms with Gasteiger partial charge in [-0.3, -0.25) is 4.79 Å². The Kier molecular flexibility index (Phi) is 6.43. The average molecular weight is 535 g/mol. The Hall–Kier alpha value is -3.45. The number of allylic oxidation sites excluding steroid dienone is 1. The molecule has 5 rings (SSSR count).